The number of hydrogen-bond donors (Lipinski definition) is 0. The molecule has 0 fully saturated rings. The van der Waals surface area contributed by atoms with Gasteiger partial charge in [-0.05, 0) is 30.2 Å². The van der Waals surface area contributed by atoms with E-state index in [1.807, 2.05) is 24.3 Å². The first-order valence-corrected chi connectivity index (χ1v) is 9.21. The van der Waals surface area contributed by atoms with Gasteiger partial charge in [-0.2, -0.15) is 0 Å². The maximum Gasteiger partial charge on any atom is 0.356 e. The molecule has 0 amide bonds. The highest BCUT2D eigenvalue weighted by Gasteiger charge is 2.29. The summed E-state index contributed by atoms with van der Waals surface area (Å²) in [7, 11) is 0. The zero-order valence-electron chi connectivity index (χ0n) is 15.6. The largest absolute Gasteiger partial charge is 0.475 e. The van der Waals surface area contributed by atoms with Crippen LogP contribution in [0.2, 0.25) is 0 Å². The molecule has 2 aromatic rings. The number of carbonyl (C=O) groups is 1. The van der Waals surface area contributed by atoms with Crippen LogP contribution in [0.25, 0.3) is 0 Å². The molecule has 6 nitrogen and oxygen atoms in total. The van der Waals surface area contributed by atoms with Crippen molar-refractivity contribution in [2.24, 2.45) is 10.1 Å². The molecule has 0 radical (unpaired) electrons. The number of ether oxygens (including phenoxy) is 2. The number of halogens is 2. The second-order valence-electron chi connectivity index (χ2n) is 6.58. The number of esters is 1. The van der Waals surface area contributed by atoms with Crippen molar-refractivity contribution >= 4 is 17.6 Å². The topological polar surface area (TPSA) is 69.5 Å². The Labute approximate surface area is 165 Å². The first-order chi connectivity index (χ1) is 14.1. The van der Waals surface area contributed by atoms with Crippen LogP contribution in [0.4, 0.5) is 8.78 Å². The lowest BCUT2D eigenvalue weighted by Crippen LogP contribution is -2.16. The predicted molar refractivity (Wildman–Crippen MR) is 101 cm³/mol. The average molecular weight is 400 g/mol. The van der Waals surface area contributed by atoms with Gasteiger partial charge >= 0.3 is 5.97 Å². The lowest BCUT2D eigenvalue weighted by atomic mass is 10.0. The second kappa shape index (κ2) is 7.98. The Hall–Kier alpha value is -3.29. The summed E-state index contributed by atoms with van der Waals surface area (Å²) in [5.74, 6) is -1.94. The Morgan fingerprint density at radius 1 is 1.14 bits per heavy atom. The molecule has 0 saturated heterocycles. The monoisotopic (exact) mass is 400 g/mol. The summed E-state index contributed by atoms with van der Waals surface area (Å²) >= 11 is 0. The average Bonchev–Trinajstić information content (AvgIpc) is 3.39. The highest BCUT2D eigenvalue weighted by molar-refractivity contribution is 6.36. The fourth-order valence-corrected chi connectivity index (χ4v) is 3.21. The smallest absolute Gasteiger partial charge is 0.356 e. The fourth-order valence-electron chi connectivity index (χ4n) is 3.21. The van der Waals surface area contributed by atoms with Gasteiger partial charge in [-0.1, -0.05) is 35.5 Å². The molecule has 0 aromatic heterocycles. The molecule has 0 spiro atoms. The number of oxime groups is 1. The Balaban J connectivity index is 1.46. The van der Waals surface area contributed by atoms with Crippen molar-refractivity contribution in [2.75, 3.05) is 13.2 Å². The summed E-state index contributed by atoms with van der Waals surface area (Å²) in [6.07, 6.45) is -0.0330. The Bertz CT molecular complexity index is 968. The quantitative estimate of drug-likeness (QED) is 0.715. The van der Waals surface area contributed by atoms with E-state index in [1.165, 1.54) is 18.2 Å². The molecule has 2 aliphatic heterocycles. The van der Waals surface area contributed by atoms with Gasteiger partial charge in [-0.25, -0.2) is 18.6 Å². The summed E-state index contributed by atoms with van der Waals surface area (Å²) in [4.78, 5) is 21.4. The van der Waals surface area contributed by atoms with Crippen LogP contribution < -0.4 is 0 Å². The molecule has 0 bridgehead atoms. The van der Waals surface area contributed by atoms with E-state index in [0.717, 1.165) is 11.1 Å². The molecule has 2 atom stereocenters. The maximum atomic E-state index is 13.9. The van der Waals surface area contributed by atoms with Crippen LogP contribution in [0.5, 0.6) is 0 Å². The molecule has 150 valence electrons. The second-order valence-corrected chi connectivity index (χ2v) is 6.58. The number of aliphatic imine (C=N–C) groups is 1. The van der Waals surface area contributed by atoms with E-state index in [1.54, 1.807) is 6.92 Å². The third kappa shape index (κ3) is 3.83. The molecule has 2 aliphatic rings. The van der Waals surface area contributed by atoms with Crippen molar-refractivity contribution in [1.82, 2.24) is 0 Å². The van der Waals surface area contributed by atoms with E-state index in [9.17, 15) is 13.6 Å². The SMILES string of the molecule is CCOC(=O)C1=NOC(c2ccc(C3COC(c4c(F)cccc4F)=N3)cc2)C1. The van der Waals surface area contributed by atoms with Gasteiger partial charge < -0.3 is 14.3 Å². The Kier molecular flexibility index (Phi) is 5.24. The minimum atomic E-state index is -0.712. The number of carbonyl (C=O) groups excluding carboxylic acids is 1. The number of rotatable bonds is 5. The van der Waals surface area contributed by atoms with Crippen LogP contribution >= 0.6 is 0 Å². The third-order valence-corrected chi connectivity index (χ3v) is 4.70. The normalized spacial score (nSPS) is 20.5. The first-order valence-electron chi connectivity index (χ1n) is 9.21. The fraction of sp³-hybridized carbons (Fsp3) is 0.286. The van der Waals surface area contributed by atoms with Crippen LogP contribution in [0, 0.1) is 11.6 Å². The molecular weight excluding hydrogens is 382 g/mol. The molecule has 29 heavy (non-hydrogen) atoms. The van der Waals surface area contributed by atoms with Gasteiger partial charge in [0, 0.05) is 6.42 Å². The van der Waals surface area contributed by atoms with E-state index in [4.69, 9.17) is 14.3 Å². The zero-order valence-corrected chi connectivity index (χ0v) is 15.6. The minimum Gasteiger partial charge on any atom is -0.475 e. The standard InChI is InChI=1S/C21H18F2N2O4/c1-2-27-21(26)16-10-18(29-25-16)13-8-6-12(7-9-13)17-11-28-20(24-17)19-14(22)4-3-5-15(19)23/h3-9,17-18H,2,10-11H2,1H3. The summed E-state index contributed by atoms with van der Waals surface area (Å²) in [6, 6.07) is 10.7. The van der Waals surface area contributed by atoms with Gasteiger partial charge in [0.1, 0.15) is 29.8 Å². The molecule has 0 N–H and O–H groups in total. The first kappa shape index (κ1) is 19.0. The van der Waals surface area contributed by atoms with Crippen molar-refractivity contribution in [1.29, 1.82) is 0 Å². The lowest BCUT2D eigenvalue weighted by molar-refractivity contribution is -0.135. The van der Waals surface area contributed by atoms with Crippen molar-refractivity contribution in [2.45, 2.75) is 25.5 Å². The van der Waals surface area contributed by atoms with Crippen molar-refractivity contribution < 1.29 is 27.9 Å². The maximum absolute atomic E-state index is 13.9. The van der Waals surface area contributed by atoms with E-state index in [2.05, 4.69) is 10.1 Å². The molecular formula is C21H18F2N2O4. The van der Waals surface area contributed by atoms with E-state index in [-0.39, 0.29) is 42.5 Å². The summed E-state index contributed by atoms with van der Waals surface area (Å²) in [5.41, 5.74) is 1.69. The van der Waals surface area contributed by atoms with E-state index < -0.39 is 17.6 Å². The summed E-state index contributed by atoms with van der Waals surface area (Å²) in [6.45, 7) is 2.20. The van der Waals surface area contributed by atoms with Gasteiger partial charge in [-0.3, -0.25) is 0 Å². The van der Waals surface area contributed by atoms with Gasteiger partial charge in [0.15, 0.2) is 11.8 Å². The zero-order chi connectivity index (χ0) is 20.4. The molecule has 0 saturated carbocycles. The third-order valence-electron chi connectivity index (χ3n) is 4.70. The lowest BCUT2D eigenvalue weighted by Gasteiger charge is -2.10. The molecule has 0 aliphatic carbocycles. The van der Waals surface area contributed by atoms with Crippen LogP contribution in [-0.2, 0) is 19.1 Å². The number of hydrogen-bond acceptors (Lipinski definition) is 6. The van der Waals surface area contributed by atoms with Crippen molar-refractivity contribution in [3.63, 3.8) is 0 Å². The van der Waals surface area contributed by atoms with Crippen LogP contribution in [-0.4, -0.2) is 30.8 Å². The highest BCUT2D eigenvalue weighted by atomic mass is 19.1. The van der Waals surface area contributed by atoms with Crippen LogP contribution in [0.15, 0.2) is 52.6 Å². The van der Waals surface area contributed by atoms with Crippen LogP contribution in [0.3, 0.4) is 0 Å². The Morgan fingerprint density at radius 3 is 2.52 bits per heavy atom. The number of benzene rings is 2. The summed E-state index contributed by atoms with van der Waals surface area (Å²) < 4.78 is 38.2. The molecule has 4 rings (SSSR count). The van der Waals surface area contributed by atoms with E-state index >= 15 is 0 Å². The predicted octanol–water partition coefficient (Wildman–Crippen LogP) is 3.86. The molecule has 8 heteroatoms. The highest BCUT2D eigenvalue weighted by Crippen LogP contribution is 2.31. The van der Waals surface area contributed by atoms with Gasteiger partial charge in [0.2, 0.25) is 5.90 Å². The molecule has 2 unspecified atom stereocenters. The van der Waals surface area contributed by atoms with E-state index in [0.29, 0.717) is 6.42 Å². The van der Waals surface area contributed by atoms with Gasteiger partial charge in [0.25, 0.3) is 0 Å². The minimum absolute atomic E-state index is 0.0405. The van der Waals surface area contributed by atoms with Crippen molar-refractivity contribution in [3.05, 3.63) is 70.8 Å². The van der Waals surface area contributed by atoms with Gasteiger partial charge in [-0.15, -0.1) is 0 Å². The Morgan fingerprint density at radius 2 is 1.83 bits per heavy atom. The van der Waals surface area contributed by atoms with Crippen molar-refractivity contribution in [3.8, 4) is 0 Å². The molecule has 2 aromatic carbocycles. The van der Waals surface area contributed by atoms with Gasteiger partial charge in [0.05, 0.1) is 6.61 Å². The summed E-state index contributed by atoms with van der Waals surface area (Å²) in [5, 5.41) is 3.80. The van der Waals surface area contributed by atoms with Crippen LogP contribution in [0.1, 0.15) is 42.2 Å². The number of nitrogens with zero attached hydrogens (tertiary/aromatic N) is 2. The molecule has 2 heterocycles.